The molecule has 2 nitrogen and oxygen atoms in total. The van der Waals surface area contributed by atoms with E-state index in [2.05, 4.69) is 37.2 Å². The molecule has 0 heterocycles. The van der Waals surface area contributed by atoms with Gasteiger partial charge in [-0.05, 0) is 47.5 Å². The minimum atomic E-state index is -0.435. The maximum Gasteiger partial charge on any atom is 0.251 e. The van der Waals surface area contributed by atoms with Gasteiger partial charge in [-0.15, -0.1) is 0 Å². The van der Waals surface area contributed by atoms with Gasteiger partial charge in [0.2, 0.25) is 0 Å². The monoisotopic (exact) mass is 365 g/mol. The lowest BCUT2D eigenvalue weighted by Crippen LogP contribution is -2.46. The van der Waals surface area contributed by atoms with Gasteiger partial charge in [-0.1, -0.05) is 22.9 Å². The third-order valence-corrected chi connectivity index (χ3v) is 4.55. The largest absolute Gasteiger partial charge is 0.346 e. The lowest BCUT2D eigenvalue weighted by molar-refractivity contribution is 0.0913. The number of carbonyl (C=O) groups is 1. The van der Waals surface area contributed by atoms with Crippen molar-refractivity contribution in [2.24, 2.45) is 0 Å². The topological polar surface area (TPSA) is 29.1 Å². The first-order chi connectivity index (χ1) is 7.91. The zero-order valence-corrected chi connectivity index (χ0v) is 12.9. The molecule has 0 saturated heterocycles. The normalized spacial score (nSPS) is 14.2. The van der Waals surface area contributed by atoms with Gasteiger partial charge in [0, 0.05) is 16.4 Å². The fourth-order valence-corrected chi connectivity index (χ4v) is 1.98. The van der Waals surface area contributed by atoms with Gasteiger partial charge < -0.3 is 5.32 Å². The third kappa shape index (κ3) is 3.78. The van der Waals surface area contributed by atoms with E-state index in [1.807, 2.05) is 13.8 Å². The van der Waals surface area contributed by atoms with Crippen LogP contribution in [0.3, 0.4) is 0 Å². The summed E-state index contributed by atoms with van der Waals surface area (Å²) in [7, 11) is 0. The van der Waals surface area contributed by atoms with Crippen LogP contribution in [0.15, 0.2) is 22.7 Å². The molecule has 0 aliphatic rings. The van der Waals surface area contributed by atoms with E-state index >= 15 is 0 Å². The lowest BCUT2D eigenvalue weighted by atomic mass is 10.0. The average molecular weight is 367 g/mol. The molecule has 1 aromatic rings. The second-order valence-corrected chi connectivity index (χ2v) is 5.55. The Bertz CT molecular complexity index is 419. The first-order valence-electron chi connectivity index (χ1n) is 5.25. The van der Waals surface area contributed by atoms with Gasteiger partial charge >= 0.3 is 0 Å². The van der Waals surface area contributed by atoms with Crippen molar-refractivity contribution in [3.63, 3.8) is 0 Å². The highest BCUT2D eigenvalue weighted by atomic mass is 79.9. The highest BCUT2D eigenvalue weighted by Gasteiger charge is 2.23. The SMILES string of the molecule is CCC(C)(CBr)NC(=O)c1ccc(Br)c(F)c1. The molecule has 0 radical (unpaired) electrons. The number of halogens is 3. The molecule has 1 amide bonds. The number of nitrogens with one attached hydrogen (secondary N) is 1. The van der Waals surface area contributed by atoms with E-state index in [0.29, 0.717) is 15.4 Å². The molecule has 0 saturated carbocycles. The summed E-state index contributed by atoms with van der Waals surface area (Å²) < 4.78 is 13.7. The van der Waals surface area contributed by atoms with Crippen molar-refractivity contribution in [3.05, 3.63) is 34.1 Å². The number of rotatable bonds is 4. The van der Waals surface area contributed by atoms with Crippen LogP contribution in [0.25, 0.3) is 0 Å². The fraction of sp³-hybridized carbons (Fsp3) is 0.417. The Hall–Kier alpha value is -0.420. The quantitative estimate of drug-likeness (QED) is 0.805. The third-order valence-electron chi connectivity index (χ3n) is 2.67. The van der Waals surface area contributed by atoms with Gasteiger partial charge in [0.15, 0.2) is 0 Å². The minimum Gasteiger partial charge on any atom is -0.346 e. The zero-order valence-electron chi connectivity index (χ0n) is 9.69. The summed E-state index contributed by atoms with van der Waals surface area (Å²) in [5.41, 5.74) is 0.00648. The second-order valence-electron chi connectivity index (χ2n) is 4.13. The molecule has 1 unspecified atom stereocenters. The van der Waals surface area contributed by atoms with Crippen LogP contribution in [0.1, 0.15) is 30.6 Å². The van der Waals surface area contributed by atoms with Crippen molar-refractivity contribution in [1.82, 2.24) is 5.32 Å². The second kappa shape index (κ2) is 5.96. The molecule has 1 aromatic carbocycles. The Morgan fingerprint density at radius 1 is 1.53 bits per heavy atom. The maximum atomic E-state index is 13.3. The Kier molecular flexibility index (Phi) is 5.13. The Balaban J connectivity index is 2.86. The Morgan fingerprint density at radius 2 is 2.18 bits per heavy atom. The van der Waals surface area contributed by atoms with E-state index in [-0.39, 0.29) is 11.4 Å². The maximum absolute atomic E-state index is 13.3. The number of benzene rings is 1. The van der Waals surface area contributed by atoms with Gasteiger partial charge in [-0.3, -0.25) is 4.79 Å². The lowest BCUT2D eigenvalue weighted by Gasteiger charge is -2.27. The molecule has 0 fully saturated rings. The summed E-state index contributed by atoms with van der Waals surface area (Å²) in [6.45, 7) is 3.93. The highest BCUT2D eigenvalue weighted by molar-refractivity contribution is 9.10. The molecule has 0 bridgehead atoms. The Labute approximate surface area is 117 Å². The van der Waals surface area contributed by atoms with Gasteiger partial charge in [0.25, 0.3) is 5.91 Å². The number of hydrogen-bond acceptors (Lipinski definition) is 1. The summed E-state index contributed by atoms with van der Waals surface area (Å²) in [6, 6.07) is 4.35. The van der Waals surface area contributed by atoms with E-state index in [4.69, 9.17) is 0 Å². The standard InChI is InChI=1S/C12H14Br2FNO/c1-3-12(2,7-13)16-11(17)8-4-5-9(14)10(15)6-8/h4-6H,3,7H2,1-2H3,(H,16,17). The molecular weight excluding hydrogens is 353 g/mol. The predicted molar refractivity (Wildman–Crippen MR) is 74.1 cm³/mol. The molecule has 0 spiro atoms. The summed E-state index contributed by atoms with van der Waals surface area (Å²) in [5.74, 6) is -0.699. The number of carbonyl (C=O) groups excluding carboxylic acids is 1. The van der Waals surface area contributed by atoms with Crippen LogP contribution in [0.5, 0.6) is 0 Å². The molecule has 94 valence electrons. The van der Waals surface area contributed by atoms with Gasteiger partial charge in [0.05, 0.1) is 4.47 Å². The first kappa shape index (κ1) is 14.6. The van der Waals surface area contributed by atoms with Crippen LogP contribution < -0.4 is 5.32 Å². The molecule has 1 rings (SSSR count). The minimum absolute atomic E-state index is 0.264. The first-order valence-corrected chi connectivity index (χ1v) is 7.17. The van der Waals surface area contributed by atoms with Gasteiger partial charge in [0.1, 0.15) is 5.82 Å². The highest BCUT2D eigenvalue weighted by Crippen LogP contribution is 2.18. The van der Waals surface area contributed by atoms with E-state index in [1.165, 1.54) is 12.1 Å². The van der Waals surface area contributed by atoms with E-state index in [9.17, 15) is 9.18 Å². The summed E-state index contributed by atoms with van der Waals surface area (Å²) in [5, 5.41) is 3.54. The number of amides is 1. The van der Waals surface area contributed by atoms with E-state index in [0.717, 1.165) is 6.42 Å². The molecule has 0 aliphatic heterocycles. The summed E-state index contributed by atoms with van der Waals surface area (Å²) in [6.07, 6.45) is 0.795. The van der Waals surface area contributed by atoms with E-state index < -0.39 is 5.82 Å². The Morgan fingerprint density at radius 3 is 2.65 bits per heavy atom. The molecule has 0 aromatic heterocycles. The molecule has 0 aliphatic carbocycles. The predicted octanol–water partition coefficient (Wildman–Crippen LogP) is 3.88. The van der Waals surface area contributed by atoms with Crippen molar-refractivity contribution < 1.29 is 9.18 Å². The van der Waals surface area contributed by atoms with Crippen molar-refractivity contribution in [2.45, 2.75) is 25.8 Å². The van der Waals surface area contributed by atoms with Crippen LogP contribution >= 0.6 is 31.9 Å². The fourth-order valence-electron chi connectivity index (χ4n) is 1.20. The van der Waals surface area contributed by atoms with E-state index in [1.54, 1.807) is 6.07 Å². The van der Waals surface area contributed by atoms with Gasteiger partial charge in [-0.2, -0.15) is 0 Å². The smallest absolute Gasteiger partial charge is 0.251 e. The van der Waals surface area contributed by atoms with Crippen LogP contribution in [0.2, 0.25) is 0 Å². The molecular formula is C12H14Br2FNO. The van der Waals surface area contributed by atoms with Gasteiger partial charge in [-0.25, -0.2) is 4.39 Å². The van der Waals surface area contributed by atoms with Crippen molar-refractivity contribution in [1.29, 1.82) is 0 Å². The number of hydrogen-bond donors (Lipinski definition) is 1. The van der Waals surface area contributed by atoms with Crippen LogP contribution in [0.4, 0.5) is 4.39 Å². The molecule has 1 atom stereocenters. The summed E-state index contributed by atoms with van der Waals surface area (Å²) in [4.78, 5) is 11.9. The van der Waals surface area contributed by atoms with Crippen molar-refractivity contribution >= 4 is 37.8 Å². The number of alkyl halides is 1. The van der Waals surface area contributed by atoms with Crippen LogP contribution in [0, 0.1) is 5.82 Å². The zero-order chi connectivity index (χ0) is 13.1. The molecule has 1 N–H and O–H groups in total. The summed E-state index contributed by atoms with van der Waals surface area (Å²) >= 11 is 6.42. The van der Waals surface area contributed by atoms with Crippen LogP contribution in [-0.2, 0) is 0 Å². The van der Waals surface area contributed by atoms with Crippen LogP contribution in [-0.4, -0.2) is 16.8 Å². The van der Waals surface area contributed by atoms with Crippen molar-refractivity contribution in [2.75, 3.05) is 5.33 Å². The average Bonchev–Trinajstić information content (AvgIpc) is 2.32. The molecule has 17 heavy (non-hydrogen) atoms. The molecule has 5 heteroatoms. The van der Waals surface area contributed by atoms with Crippen molar-refractivity contribution in [3.8, 4) is 0 Å².